The first-order valence-electron chi connectivity index (χ1n) is 14.7. The summed E-state index contributed by atoms with van der Waals surface area (Å²) in [5, 5.41) is 0. The lowest BCUT2D eigenvalue weighted by molar-refractivity contribution is -0.0590. The van der Waals surface area contributed by atoms with Crippen LogP contribution in [0.2, 0.25) is 0 Å². The number of imidazole rings is 1. The van der Waals surface area contributed by atoms with Crippen LogP contribution in [0.5, 0.6) is 5.88 Å². The average molecular weight is 625 g/mol. The minimum Gasteiger partial charge on any atom is -0.471 e. The fraction of sp³-hybridized carbons (Fsp3) is 0.294. The number of rotatable bonds is 9. The highest BCUT2D eigenvalue weighted by molar-refractivity contribution is 5.90. The van der Waals surface area contributed by atoms with E-state index in [2.05, 4.69) is 24.8 Å². The molecule has 6 rings (SSSR count). The molecule has 1 aliphatic heterocycles. The van der Waals surface area contributed by atoms with E-state index in [0.717, 1.165) is 18.6 Å². The molecule has 0 bridgehead atoms. The third kappa shape index (κ3) is 6.84. The van der Waals surface area contributed by atoms with Gasteiger partial charge in [-0.3, -0.25) is 4.98 Å². The van der Waals surface area contributed by atoms with Crippen LogP contribution < -0.4 is 4.74 Å². The van der Waals surface area contributed by atoms with E-state index >= 15 is 8.78 Å². The second-order valence-corrected chi connectivity index (χ2v) is 11.8. The van der Waals surface area contributed by atoms with E-state index in [4.69, 9.17) is 20.8 Å². The molecule has 0 amide bonds. The Balaban J connectivity index is 1.26. The highest BCUT2D eigenvalue weighted by atomic mass is 19.1. The number of carbonyl (C=O) groups is 1. The molecule has 5 heterocycles. The SMILES string of the molecule is [C-]#[N+]c1ccc(COc2cccc(-c3cc(F)c(Cc4nc5ccc(C(=O)OC(C)(C)C)nc5n4C[C@@H]4CCO4)cc3F)n2)nc1. The summed E-state index contributed by atoms with van der Waals surface area (Å²) >= 11 is 0. The summed E-state index contributed by atoms with van der Waals surface area (Å²) < 4.78 is 49.8. The first-order chi connectivity index (χ1) is 22.1. The summed E-state index contributed by atoms with van der Waals surface area (Å²) in [7, 11) is 0. The molecule has 1 fully saturated rings. The van der Waals surface area contributed by atoms with Gasteiger partial charge in [0.1, 0.15) is 35.2 Å². The van der Waals surface area contributed by atoms with E-state index in [9.17, 15) is 4.79 Å². The summed E-state index contributed by atoms with van der Waals surface area (Å²) in [6.07, 6.45) is 2.18. The predicted octanol–water partition coefficient (Wildman–Crippen LogP) is 6.63. The first kappa shape index (κ1) is 30.7. The van der Waals surface area contributed by atoms with Crippen LogP contribution in [0.3, 0.4) is 0 Å². The zero-order valence-corrected chi connectivity index (χ0v) is 25.5. The van der Waals surface area contributed by atoms with Gasteiger partial charge in [0.05, 0.1) is 30.6 Å². The molecule has 1 atom stereocenters. The predicted molar refractivity (Wildman–Crippen MR) is 164 cm³/mol. The van der Waals surface area contributed by atoms with Crippen molar-refractivity contribution in [3.63, 3.8) is 0 Å². The number of esters is 1. The topological polar surface area (TPSA) is 106 Å². The van der Waals surface area contributed by atoms with Crippen molar-refractivity contribution in [2.45, 2.75) is 58.5 Å². The molecule has 10 nitrogen and oxygen atoms in total. The maximum absolute atomic E-state index is 15.6. The Morgan fingerprint density at radius 2 is 1.91 bits per heavy atom. The number of aromatic nitrogens is 5. The Hall–Kier alpha value is -5.28. The molecule has 0 spiro atoms. The van der Waals surface area contributed by atoms with E-state index in [1.807, 2.05) is 0 Å². The van der Waals surface area contributed by atoms with E-state index in [-0.39, 0.29) is 47.5 Å². The van der Waals surface area contributed by atoms with Gasteiger partial charge in [-0.05, 0) is 69.2 Å². The number of ether oxygens (including phenoxy) is 3. The maximum Gasteiger partial charge on any atom is 0.357 e. The molecule has 5 aromatic rings. The molecule has 1 aromatic carbocycles. The molecule has 234 valence electrons. The van der Waals surface area contributed by atoms with Crippen molar-refractivity contribution < 1.29 is 27.8 Å². The van der Waals surface area contributed by atoms with Gasteiger partial charge in [-0.2, -0.15) is 0 Å². The molecular weight excluding hydrogens is 594 g/mol. The van der Waals surface area contributed by atoms with Gasteiger partial charge in [0.15, 0.2) is 11.3 Å². The van der Waals surface area contributed by atoms with Crippen molar-refractivity contribution in [2.75, 3.05) is 6.61 Å². The normalized spacial score (nSPS) is 14.5. The number of pyridine rings is 3. The first-order valence-corrected chi connectivity index (χ1v) is 14.7. The molecule has 0 radical (unpaired) electrons. The van der Waals surface area contributed by atoms with Crippen LogP contribution in [0, 0.1) is 18.2 Å². The minimum atomic E-state index is -0.693. The number of carbonyl (C=O) groups excluding carboxylic acids is 1. The molecular formula is C34H30F2N6O4. The van der Waals surface area contributed by atoms with E-state index in [1.54, 1.807) is 67.8 Å². The van der Waals surface area contributed by atoms with Crippen molar-refractivity contribution in [3.8, 4) is 17.1 Å². The van der Waals surface area contributed by atoms with Crippen LogP contribution in [0.25, 0.3) is 27.3 Å². The summed E-state index contributed by atoms with van der Waals surface area (Å²) in [5.74, 6) is -1.19. The number of hydrogen-bond donors (Lipinski definition) is 0. The second kappa shape index (κ2) is 12.6. The summed E-state index contributed by atoms with van der Waals surface area (Å²) in [4.78, 5) is 33.8. The number of hydrogen-bond acceptors (Lipinski definition) is 8. The van der Waals surface area contributed by atoms with E-state index < -0.39 is 23.2 Å². The van der Waals surface area contributed by atoms with Crippen molar-refractivity contribution in [2.24, 2.45) is 0 Å². The monoisotopic (exact) mass is 624 g/mol. The number of benzene rings is 1. The van der Waals surface area contributed by atoms with Crippen molar-refractivity contribution >= 4 is 22.8 Å². The zero-order valence-electron chi connectivity index (χ0n) is 25.5. The number of halogens is 2. The average Bonchev–Trinajstić information content (AvgIpc) is 3.34. The molecule has 1 saturated heterocycles. The van der Waals surface area contributed by atoms with Crippen LogP contribution in [0.1, 0.15) is 54.8 Å². The Morgan fingerprint density at radius 3 is 2.61 bits per heavy atom. The van der Waals surface area contributed by atoms with Gasteiger partial charge in [-0.15, -0.1) is 0 Å². The fourth-order valence-corrected chi connectivity index (χ4v) is 4.90. The molecule has 1 aliphatic rings. The van der Waals surface area contributed by atoms with Crippen LogP contribution in [-0.2, 0) is 29.0 Å². The van der Waals surface area contributed by atoms with Crippen molar-refractivity contribution in [1.29, 1.82) is 0 Å². The van der Waals surface area contributed by atoms with Crippen LogP contribution >= 0.6 is 0 Å². The highest BCUT2D eigenvalue weighted by Gasteiger charge is 2.25. The maximum atomic E-state index is 15.6. The highest BCUT2D eigenvalue weighted by Crippen LogP contribution is 2.29. The van der Waals surface area contributed by atoms with Gasteiger partial charge in [-0.25, -0.2) is 33.4 Å². The standard InChI is InChI=1S/C34H30F2N6O4/c1-34(2,3)46-33(43)29-11-10-28-32(41-29)42(18-23-12-13-44-23)30(39-28)15-20-14-26(36)24(16-25(20)35)27-6-5-7-31(40-27)45-19-22-9-8-21(37-4)17-38-22/h5-11,14,16-17,23H,12-13,15,18-19H2,1-3H3/t23-/m0/s1. The lowest BCUT2D eigenvalue weighted by atomic mass is 10.0. The molecule has 0 saturated carbocycles. The summed E-state index contributed by atoms with van der Waals surface area (Å²) in [6.45, 7) is 13.5. The molecule has 46 heavy (non-hydrogen) atoms. The summed E-state index contributed by atoms with van der Waals surface area (Å²) in [6, 6.07) is 13.6. The van der Waals surface area contributed by atoms with Gasteiger partial charge in [0.25, 0.3) is 0 Å². The Kier molecular flexibility index (Phi) is 8.42. The van der Waals surface area contributed by atoms with E-state index in [1.165, 1.54) is 6.20 Å². The van der Waals surface area contributed by atoms with Gasteiger partial charge in [0.2, 0.25) is 11.6 Å². The molecule has 12 heteroatoms. The fourth-order valence-electron chi connectivity index (χ4n) is 4.90. The van der Waals surface area contributed by atoms with Gasteiger partial charge in [0, 0.05) is 30.9 Å². The smallest absolute Gasteiger partial charge is 0.357 e. The van der Waals surface area contributed by atoms with Crippen LogP contribution in [0.15, 0.2) is 60.8 Å². The lowest BCUT2D eigenvalue weighted by Gasteiger charge is -2.27. The molecule has 4 aromatic heterocycles. The summed E-state index contributed by atoms with van der Waals surface area (Å²) in [5.41, 5.74) is 1.66. The second-order valence-electron chi connectivity index (χ2n) is 11.8. The van der Waals surface area contributed by atoms with Crippen molar-refractivity contribution in [1.82, 2.24) is 24.5 Å². The Morgan fingerprint density at radius 1 is 1.09 bits per heavy atom. The number of nitrogens with zero attached hydrogens (tertiary/aromatic N) is 6. The van der Waals surface area contributed by atoms with Gasteiger partial charge in [-0.1, -0.05) is 12.1 Å². The van der Waals surface area contributed by atoms with Crippen molar-refractivity contribution in [3.05, 3.63) is 107 Å². The number of fused-ring (bicyclic) bond motifs is 1. The van der Waals surface area contributed by atoms with Gasteiger partial charge >= 0.3 is 5.97 Å². The Bertz CT molecular complexity index is 1960. The third-order valence-electron chi connectivity index (χ3n) is 7.25. The quantitative estimate of drug-likeness (QED) is 0.133. The minimum absolute atomic E-state index is 0.0220. The van der Waals surface area contributed by atoms with Crippen LogP contribution in [0.4, 0.5) is 14.5 Å². The third-order valence-corrected chi connectivity index (χ3v) is 7.25. The van der Waals surface area contributed by atoms with Gasteiger partial charge < -0.3 is 18.8 Å². The lowest BCUT2D eigenvalue weighted by Crippen LogP contribution is -2.32. The molecule has 0 aliphatic carbocycles. The van der Waals surface area contributed by atoms with E-state index in [0.29, 0.717) is 41.5 Å². The largest absolute Gasteiger partial charge is 0.471 e. The Labute approximate surface area is 263 Å². The zero-order chi connectivity index (χ0) is 32.4. The molecule has 0 N–H and O–H groups in total. The molecule has 0 unspecified atom stereocenters. The van der Waals surface area contributed by atoms with Crippen LogP contribution in [-0.4, -0.2) is 48.8 Å².